The third-order valence-electron chi connectivity index (χ3n) is 4.31. The van der Waals surface area contributed by atoms with Gasteiger partial charge in [0.25, 0.3) is 0 Å². The minimum Gasteiger partial charge on any atom is -0.314 e. The Labute approximate surface area is 101 Å². The quantitative estimate of drug-likeness (QED) is 0.750. The predicted octanol–water partition coefficient (Wildman–Crippen LogP) is 2.54. The van der Waals surface area contributed by atoms with Gasteiger partial charge in [-0.2, -0.15) is 0 Å². The lowest BCUT2D eigenvalue weighted by Crippen LogP contribution is -2.42. The van der Waals surface area contributed by atoms with Gasteiger partial charge in [-0.25, -0.2) is 0 Å². The van der Waals surface area contributed by atoms with Gasteiger partial charge in [-0.05, 0) is 57.0 Å². The summed E-state index contributed by atoms with van der Waals surface area (Å²) in [5.74, 6) is 1.74. The average Bonchev–Trinajstić information content (AvgIpc) is 2.84. The molecular formula is C14H28N2. The number of hydrogen-bond donors (Lipinski definition) is 2. The SMILES string of the molecule is CC(C)CCNC1CCCC1C1CCCN1. The van der Waals surface area contributed by atoms with Crippen LogP contribution >= 0.6 is 0 Å². The Morgan fingerprint density at radius 1 is 1.19 bits per heavy atom. The molecule has 94 valence electrons. The average molecular weight is 224 g/mol. The van der Waals surface area contributed by atoms with Crippen molar-refractivity contribution in [1.82, 2.24) is 10.6 Å². The third kappa shape index (κ3) is 3.21. The van der Waals surface area contributed by atoms with Crippen LogP contribution in [0.5, 0.6) is 0 Å². The summed E-state index contributed by atoms with van der Waals surface area (Å²) < 4.78 is 0. The molecule has 0 aromatic carbocycles. The van der Waals surface area contributed by atoms with Gasteiger partial charge in [0.1, 0.15) is 0 Å². The number of nitrogens with one attached hydrogen (secondary N) is 2. The molecule has 1 aliphatic heterocycles. The van der Waals surface area contributed by atoms with Gasteiger partial charge in [-0.1, -0.05) is 20.3 Å². The molecule has 0 aromatic heterocycles. The molecule has 1 heterocycles. The lowest BCUT2D eigenvalue weighted by Gasteiger charge is -2.27. The molecule has 0 spiro atoms. The maximum Gasteiger partial charge on any atom is 0.0111 e. The highest BCUT2D eigenvalue weighted by Crippen LogP contribution is 2.31. The second-order valence-electron chi connectivity index (χ2n) is 6.04. The van der Waals surface area contributed by atoms with Crippen LogP contribution < -0.4 is 10.6 Å². The first kappa shape index (κ1) is 12.4. The van der Waals surface area contributed by atoms with Crippen LogP contribution in [0.2, 0.25) is 0 Å². The lowest BCUT2D eigenvalue weighted by atomic mass is 9.93. The first-order valence-electron chi connectivity index (χ1n) is 7.24. The smallest absolute Gasteiger partial charge is 0.0111 e. The Hall–Kier alpha value is -0.0800. The minimum atomic E-state index is 0.800. The first-order chi connectivity index (χ1) is 7.77. The Kier molecular flexibility index (Phi) is 4.66. The van der Waals surface area contributed by atoms with Crippen LogP contribution in [0, 0.1) is 11.8 Å². The molecule has 2 N–H and O–H groups in total. The van der Waals surface area contributed by atoms with E-state index in [1.807, 2.05) is 0 Å². The van der Waals surface area contributed by atoms with E-state index in [0.717, 1.165) is 23.9 Å². The minimum absolute atomic E-state index is 0.800. The van der Waals surface area contributed by atoms with Gasteiger partial charge in [0.2, 0.25) is 0 Å². The second kappa shape index (κ2) is 6.02. The number of hydrogen-bond acceptors (Lipinski definition) is 2. The van der Waals surface area contributed by atoms with Crippen LogP contribution in [0.15, 0.2) is 0 Å². The fourth-order valence-electron chi connectivity index (χ4n) is 3.36. The molecule has 1 saturated carbocycles. The van der Waals surface area contributed by atoms with Gasteiger partial charge in [0, 0.05) is 12.1 Å². The van der Waals surface area contributed by atoms with E-state index in [9.17, 15) is 0 Å². The van der Waals surface area contributed by atoms with Crippen molar-refractivity contribution in [2.24, 2.45) is 11.8 Å². The molecule has 2 aliphatic rings. The topological polar surface area (TPSA) is 24.1 Å². The van der Waals surface area contributed by atoms with Crippen molar-refractivity contribution in [2.45, 2.75) is 64.5 Å². The molecule has 1 saturated heterocycles. The van der Waals surface area contributed by atoms with E-state index in [1.54, 1.807) is 0 Å². The monoisotopic (exact) mass is 224 g/mol. The Morgan fingerprint density at radius 3 is 2.75 bits per heavy atom. The molecule has 16 heavy (non-hydrogen) atoms. The summed E-state index contributed by atoms with van der Waals surface area (Å²) in [5, 5.41) is 7.49. The Bertz CT molecular complexity index is 197. The summed E-state index contributed by atoms with van der Waals surface area (Å²) in [6.07, 6.45) is 8.40. The van der Waals surface area contributed by atoms with E-state index < -0.39 is 0 Å². The highest BCUT2D eigenvalue weighted by Gasteiger charge is 2.34. The fraction of sp³-hybridized carbons (Fsp3) is 1.00. The van der Waals surface area contributed by atoms with Crippen molar-refractivity contribution < 1.29 is 0 Å². The van der Waals surface area contributed by atoms with E-state index in [-0.39, 0.29) is 0 Å². The molecule has 2 fully saturated rings. The highest BCUT2D eigenvalue weighted by molar-refractivity contribution is 4.93. The van der Waals surface area contributed by atoms with Crippen molar-refractivity contribution in [3.8, 4) is 0 Å². The van der Waals surface area contributed by atoms with E-state index in [1.165, 1.54) is 51.6 Å². The van der Waals surface area contributed by atoms with Crippen molar-refractivity contribution >= 4 is 0 Å². The van der Waals surface area contributed by atoms with Crippen molar-refractivity contribution in [2.75, 3.05) is 13.1 Å². The van der Waals surface area contributed by atoms with E-state index in [2.05, 4.69) is 24.5 Å². The third-order valence-corrected chi connectivity index (χ3v) is 4.31. The second-order valence-corrected chi connectivity index (χ2v) is 6.04. The van der Waals surface area contributed by atoms with Crippen LogP contribution in [0.1, 0.15) is 52.4 Å². The summed E-state index contributed by atoms with van der Waals surface area (Å²) in [4.78, 5) is 0. The van der Waals surface area contributed by atoms with Gasteiger partial charge in [0.15, 0.2) is 0 Å². The maximum atomic E-state index is 3.80. The first-order valence-corrected chi connectivity index (χ1v) is 7.24. The van der Waals surface area contributed by atoms with Gasteiger partial charge in [-0.15, -0.1) is 0 Å². The normalized spacial score (nSPS) is 35.1. The molecule has 0 bridgehead atoms. The summed E-state index contributed by atoms with van der Waals surface area (Å²) in [7, 11) is 0. The summed E-state index contributed by atoms with van der Waals surface area (Å²) in [6, 6.07) is 1.62. The van der Waals surface area contributed by atoms with Crippen LogP contribution in [0.25, 0.3) is 0 Å². The number of rotatable bonds is 5. The maximum absolute atomic E-state index is 3.80. The van der Waals surface area contributed by atoms with Crippen LogP contribution in [0.4, 0.5) is 0 Å². The van der Waals surface area contributed by atoms with Crippen molar-refractivity contribution in [1.29, 1.82) is 0 Å². The zero-order valence-corrected chi connectivity index (χ0v) is 11.0. The molecule has 3 atom stereocenters. The summed E-state index contributed by atoms with van der Waals surface area (Å²) in [6.45, 7) is 7.09. The van der Waals surface area contributed by atoms with E-state index in [4.69, 9.17) is 0 Å². The zero-order chi connectivity index (χ0) is 11.4. The van der Waals surface area contributed by atoms with E-state index in [0.29, 0.717) is 0 Å². The molecule has 2 rings (SSSR count). The molecule has 2 nitrogen and oxygen atoms in total. The van der Waals surface area contributed by atoms with Gasteiger partial charge >= 0.3 is 0 Å². The predicted molar refractivity (Wildman–Crippen MR) is 69.6 cm³/mol. The largest absolute Gasteiger partial charge is 0.314 e. The Balaban J connectivity index is 1.74. The zero-order valence-electron chi connectivity index (χ0n) is 11.0. The molecule has 1 aliphatic carbocycles. The fourth-order valence-corrected chi connectivity index (χ4v) is 3.36. The molecule has 3 unspecified atom stereocenters. The molecule has 0 radical (unpaired) electrons. The molecule has 0 aromatic rings. The summed E-state index contributed by atoms with van der Waals surface area (Å²) in [5.41, 5.74) is 0. The van der Waals surface area contributed by atoms with Crippen LogP contribution in [-0.2, 0) is 0 Å². The van der Waals surface area contributed by atoms with Gasteiger partial charge in [0.05, 0.1) is 0 Å². The summed E-state index contributed by atoms with van der Waals surface area (Å²) >= 11 is 0. The van der Waals surface area contributed by atoms with Crippen molar-refractivity contribution in [3.05, 3.63) is 0 Å². The lowest BCUT2D eigenvalue weighted by molar-refractivity contribution is 0.316. The van der Waals surface area contributed by atoms with E-state index >= 15 is 0 Å². The molecule has 0 amide bonds. The van der Waals surface area contributed by atoms with Crippen LogP contribution in [0.3, 0.4) is 0 Å². The highest BCUT2D eigenvalue weighted by atomic mass is 15.0. The molecular weight excluding hydrogens is 196 g/mol. The van der Waals surface area contributed by atoms with Crippen LogP contribution in [-0.4, -0.2) is 25.2 Å². The molecule has 2 heteroatoms. The Morgan fingerprint density at radius 2 is 2.06 bits per heavy atom. The standard InChI is InChI=1S/C14H28N2/c1-11(2)8-10-16-13-6-3-5-12(13)14-7-4-9-15-14/h11-16H,3-10H2,1-2H3. The van der Waals surface area contributed by atoms with Gasteiger partial charge in [-0.3, -0.25) is 0 Å². The van der Waals surface area contributed by atoms with Gasteiger partial charge < -0.3 is 10.6 Å². The van der Waals surface area contributed by atoms with Crippen molar-refractivity contribution in [3.63, 3.8) is 0 Å².